The molecule has 5 rings (SSSR count). The average Bonchev–Trinajstić information content (AvgIpc) is 2.94. The summed E-state index contributed by atoms with van der Waals surface area (Å²) in [4.78, 5) is 34.5. The van der Waals surface area contributed by atoms with E-state index >= 15 is 0 Å². The average molecular weight is 542 g/mol. The zero-order chi connectivity index (χ0) is 27.7. The largest absolute Gasteiger partial charge is 0.416 e. The fourth-order valence-electron chi connectivity index (χ4n) is 4.10. The SMILES string of the molecule is O=C(Nc1cc(F)c(F)c(C(=O)c2ccc3nc(C4CNCCO4)cnc3c2)c1)c1cccc(C(F)(F)F)c1. The minimum Gasteiger partial charge on any atom is -0.369 e. The lowest BCUT2D eigenvalue weighted by Gasteiger charge is -2.22. The minimum absolute atomic E-state index is 0.0141. The number of benzene rings is 3. The Bertz CT molecular complexity index is 1590. The molecule has 1 atom stereocenters. The Balaban J connectivity index is 1.40. The zero-order valence-electron chi connectivity index (χ0n) is 20.0. The molecular formula is C27H19F5N4O3. The van der Waals surface area contributed by atoms with Gasteiger partial charge in [0.15, 0.2) is 17.4 Å². The van der Waals surface area contributed by atoms with E-state index < -0.39 is 40.6 Å². The quantitative estimate of drug-likeness (QED) is 0.270. The van der Waals surface area contributed by atoms with Gasteiger partial charge in [0.2, 0.25) is 0 Å². The third kappa shape index (κ3) is 5.61. The first-order chi connectivity index (χ1) is 18.6. The molecule has 3 aromatic carbocycles. The number of ether oxygens (including phenoxy) is 1. The topological polar surface area (TPSA) is 93.2 Å². The normalized spacial score (nSPS) is 15.8. The molecule has 39 heavy (non-hydrogen) atoms. The summed E-state index contributed by atoms with van der Waals surface area (Å²) in [6.45, 7) is 1.83. The Morgan fingerprint density at radius 1 is 1.00 bits per heavy atom. The molecule has 2 N–H and O–H groups in total. The number of carbonyl (C=O) groups excluding carboxylic acids is 2. The van der Waals surface area contributed by atoms with Gasteiger partial charge in [0, 0.05) is 36.0 Å². The number of carbonyl (C=O) groups is 2. The van der Waals surface area contributed by atoms with Crippen LogP contribution < -0.4 is 10.6 Å². The predicted molar refractivity (Wildman–Crippen MR) is 130 cm³/mol. The second-order valence-corrected chi connectivity index (χ2v) is 8.74. The van der Waals surface area contributed by atoms with Gasteiger partial charge in [0.25, 0.3) is 5.91 Å². The van der Waals surface area contributed by atoms with Gasteiger partial charge in [-0.3, -0.25) is 14.6 Å². The van der Waals surface area contributed by atoms with Gasteiger partial charge in [0.1, 0.15) is 6.10 Å². The van der Waals surface area contributed by atoms with Crippen LogP contribution in [0.5, 0.6) is 0 Å². The Morgan fingerprint density at radius 2 is 1.82 bits per heavy atom. The van der Waals surface area contributed by atoms with Gasteiger partial charge in [-0.1, -0.05) is 6.07 Å². The Labute approximate surface area is 218 Å². The number of hydrogen-bond acceptors (Lipinski definition) is 6. The van der Waals surface area contributed by atoms with E-state index in [1.165, 1.54) is 24.4 Å². The van der Waals surface area contributed by atoms with Crippen molar-refractivity contribution < 1.29 is 36.3 Å². The van der Waals surface area contributed by atoms with Crippen molar-refractivity contribution in [3.8, 4) is 0 Å². The number of rotatable bonds is 5. The third-order valence-corrected chi connectivity index (χ3v) is 6.06. The Kier molecular flexibility index (Phi) is 7.06. The second-order valence-electron chi connectivity index (χ2n) is 8.74. The van der Waals surface area contributed by atoms with Crippen molar-refractivity contribution in [2.24, 2.45) is 0 Å². The lowest BCUT2D eigenvalue weighted by Crippen LogP contribution is -2.33. The number of anilines is 1. The highest BCUT2D eigenvalue weighted by molar-refractivity contribution is 6.11. The summed E-state index contributed by atoms with van der Waals surface area (Å²) in [6.07, 6.45) is -3.44. The number of ketones is 1. The highest BCUT2D eigenvalue weighted by Crippen LogP contribution is 2.30. The molecule has 1 aliphatic rings. The maximum absolute atomic E-state index is 14.7. The highest BCUT2D eigenvalue weighted by Gasteiger charge is 2.31. The summed E-state index contributed by atoms with van der Waals surface area (Å²) >= 11 is 0. The van der Waals surface area contributed by atoms with Crippen LogP contribution in [0.15, 0.2) is 60.8 Å². The monoisotopic (exact) mass is 542 g/mol. The van der Waals surface area contributed by atoms with Crippen molar-refractivity contribution in [3.05, 3.63) is 100 Å². The predicted octanol–water partition coefficient (Wildman–Crippen LogP) is 5.07. The van der Waals surface area contributed by atoms with Crippen LogP contribution in [0.25, 0.3) is 11.0 Å². The smallest absolute Gasteiger partial charge is 0.369 e. The standard InChI is InChI=1S/C27H19F5N4O3/c28-19-11-17(35-26(38)15-2-1-3-16(8-15)27(30,31)32)10-18(24(19)29)25(37)14-4-5-20-21(9-14)34-12-22(36-20)23-13-33-6-7-39-23/h1-5,8-12,23,33H,6-7,13H2,(H,35,38). The molecule has 2 heterocycles. The lowest BCUT2D eigenvalue weighted by molar-refractivity contribution is -0.137. The fourth-order valence-corrected chi connectivity index (χ4v) is 4.10. The molecule has 0 radical (unpaired) electrons. The van der Waals surface area contributed by atoms with E-state index in [0.717, 1.165) is 30.8 Å². The van der Waals surface area contributed by atoms with Crippen molar-refractivity contribution >= 4 is 28.4 Å². The van der Waals surface area contributed by atoms with E-state index in [0.29, 0.717) is 42.0 Å². The summed E-state index contributed by atoms with van der Waals surface area (Å²) in [7, 11) is 0. The van der Waals surface area contributed by atoms with Crippen LogP contribution in [0.3, 0.4) is 0 Å². The number of fused-ring (bicyclic) bond motifs is 1. The molecule has 0 saturated carbocycles. The molecule has 4 aromatic rings. The highest BCUT2D eigenvalue weighted by atomic mass is 19.4. The first-order valence-electron chi connectivity index (χ1n) is 11.7. The number of nitrogens with one attached hydrogen (secondary N) is 2. The number of aromatic nitrogens is 2. The first kappa shape index (κ1) is 26.3. The second kappa shape index (κ2) is 10.5. The summed E-state index contributed by atoms with van der Waals surface area (Å²) in [5.41, 5.74) is -1.01. The fraction of sp³-hybridized carbons (Fsp3) is 0.185. The van der Waals surface area contributed by atoms with E-state index in [1.54, 1.807) is 0 Å². The van der Waals surface area contributed by atoms with Crippen LogP contribution in [0.1, 0.15) is 43.6 Å². The molecule has 1 saturated heterocycles. The molecule has 0 bridgehead atoms. The molecule has 0 aliphatic carbocycles. The molecule has 7 nitrogen and oxygen atoms in total. The summed E-state index contributed by atoms with van der Waals surface area (Å²) in [5.74, 6) is -4.76. The molecule has 1 aromatic heterocycles. The van der Waals surface area contributed by atoms with Crippen LogP contribution in [0.4, 0.5) is 27.6 Å². The first-order valence-corrected chi connectivity index (χ1v) is 11.7. The van der Waals surface area contributed by atoms with E-state index in [4.69, 9.17) is 4.74 Å². The zero-order valence-corrected chi connectivity index (χ0v) is 20.0. The van der Waals surface area contributed by atoms with E-state index in [2.05, 4.69) is 20.6 Å². The Hall–Kier alpha value is -4.29. The lowest BCUT2D eigenvalue weighted by atomic mass is 10.0. The summed E-state index contributed by atoms with van der Waals surface area (Å²) < 4.78 is 73.7. The van der Waals surface area contributed by atoms with Crippen LogP contribution in [0, 0.1) is 11.6 Å². The van der Waals surface area contributed by atoms with Crippen LogP contribution in [0.2, 0.25) is 0 Å². The molecule has 0 spiro atoms. The van der Waals surface area contributed by atoms with Crippen LogP contribution in [-0.4, -0.2) is 41.4 Å². The maximum atomic E-state index is 14.7. The summed E-state index contributed by atoms with van der Waals surface area (Å²) in [6, 6.07) is 9.42. The summed E-state index contributed by atoms with van der Waals surface area (Å²) in [5, 5.41) is 5.41. The van der Waals surface area contributed by atoms with Crippen molar-refractivity contribution in [1.82, 2.24) is 15.3 Å². The molecule has 1 aliphatic heterocycles. The number of hydrogen-bond donors (Lipinski definition) is 2. The van der Waals surface area contributed by atoms with Crippen molar-refractivity contribution in [2.75, 3.05) is 25.0 Å². The molecule has 1 unspecified atom stereocenters. The van der Waals surface area contributed by atoms with Crippen molar-refractivity contribution in [3.63, 3.8) is 0 Å². The van der Waals surface area contributed by atoms with Crippen LogP contribution in [-0.2, 0) is 10.9 Å². The third-order valence-electron chi connectivity index (χ3n) is 6.06. The van der Waals surface area contributed by atoms with Crippen LogP contribution >= 0.6 is 0 Å². The number of nitrogens with zero attached hydrogens (tertiary/aromatic N) is 2. The van der Waals surface area contributed by atoms with Gasteiger partial charge in [-0.25, -0.2) is 13.8 Å². The van der Waals surface area contributed by atoms with E-state index in [9.17, 15) is 31.5 Å². The number of halogens is 5. The van der Waals surface area contributed by atoms with Crippen molar-refractivity contribution in [2.45, 2.75) is 12.3 Å². The number of amides is 1. The van der Waals surface area contributed by atoms with Gasteiger partial charge in [-0.05, 0) is 42.5 Å². The van der Waals surface area contributed by atoms with Gasteiger partial charge in [-0.2, -0.15) is 13.2 Å². The van der Waals surface area contributed by atoms with Crippen molar-refractivity contribution in [1.29, 1.82) is 0 Å². The molecular weight excluding hydrogens is 523 g/mol. The maximum Gasteiger partial charge on any atom is 0.416 e. The minimum atomic E-state index is -4.68. The molecule has 200 valence electrons. The molecule has 1 fully saturated rings. The van der Waals surface area contributed by atoms with E-state index in [-0.39, 0.29) is 22.9 Å². The molecule has 12 heteroatoms. The molecule has 1 amide bonds. The number of morpholine rings is 1. The van der Waals surface area contributed by atoms with Gasteiger partial charge in [0.05, 0.1) is 40.7 Å². The Morgan fingerprint density at radius 3 is 2.56 bits per heavy atom. The van der Waals surface area contributed by atoms with E-state index in [1.807, 2.05) is 0 Å². The van der Waals surface area contributed by atoms with Gasteiger partial charge >= 0.3 is 6.18 Å². The van der Waals surface area contributed by atoms with Gasteiger partial charge in [-0.15, -0.1) is 0 Å². The van der Waals surface area contributed by atoms with Gasteiger partial charge < -0.3 is 15.4 Å². The number of alkyl halides is 3.